The number of hydrogen-bond donors (Lipinski definition) is 1. The second-order valence-electron chi connectivity index (χ2n) is 7.39. The molecule has 1 aromatic rings. The fourth-order valence-electron chi connectivity index (χ4n) is 3.54. The number of alkyl carbamates (subject to hydrolysis) is 1. The summed E-state index contributed by atoms with van der Waals surface area (Å²) in [5.74, 6) is 0.693. The number of rotatable bonds is 12. The Labute approximate surface area is 172 Å². The van der Waals surface area contributed by atoms with Crippen LogP contribution in [0.5, 0.6) is 0 Å². The summed E-state index contributed by atoms with van der Waals surface area (Å²) in [5.41, 5.74) is 1.01. The molecule has 1 N–H and O–H groups in total. The van der Waals surface area contributed by atoms with E-state index in [-0.39, 0.29) is 6.09 Å². The van der Waals surface area contributed by atoms with Crippen LogP contribution in [0.1, 0.15) is 63.4 Å². The lowest BCUT2D eigenvalue weighted by Crippen LogP contribution is -2.28. The van der Waals surface area contributed by atoms with E-state index in [0.29, 0.717) is 25.2 Å². The molecular weight excluding hydrogens is 406 g/mol. The van der Waals surface area contributed by atoms with Crippen molar-refractivity contribution in [2.45, 2.75) is 70.5 Å². The quantitative estimate of drug-likeness (QED) is 0.328. The smallest absolute Gasteiger partial charge is 0.407 e. The molecule has 0 saturated heterocycles. The van der Waals surface area contributed by atoms with Gasteiger partial charge in [0.1, 0.15) is 6.61 Å². The van der Waals surface area contributed by atoms with Crippen molar-refractivity contribution in [2.24, 2.45) is 5.92 Å². The molecule has 0 heterocycles. The lowest BCUT2D eigenvalue weighted by molar-refractivity contribution is 0.0153. The van der Waals surface area contributed by atoms with Gasteiger partial charge in [-0.05, 0) is 56.4 Å². The fraction of sp³-hybridized carbons (Fsp3) is 0.682. The van der Waals surface area contributed by atoms with E-state index in [1.165, 1.54) is 38.5 Å². The molecule has 1 aliphatic carbocycles. The van der Waals surface area contributed by atoms with Gasteiger partial charge in [0.2, 0.25) is 0 Å². The number of alkyl halides is 1. The molecule has 0 bridgehead atoms. The van der Waals surface area contributed by atoms with Gasteiger partial charge in [0.15, 0.2) is 0 Å². The lowest BCUT2D eigenvalue weighted by Gasteiger charge is -2.28. The molecule has 0 aliphatic heterocycles. The van der Waals surface area contributed by atoms with Crippen LogP contribution in [0.3, 0.4) is 0 Å². The number of carbonyl (C=O) groups is 1. The zero-order valence-electron chi connectivity index (χ0n) is 16.3. The number of carbonyl (C=O) groups excluding carboxylic acids is 1. The van der Waals surface area contributed by atoms with Gasteiger partial charge in [0, 0.05) is 18.5 Å². The molecule has 0 unspecified atom stereocenters. The molecule has 152 valence electrons. The van der Waals surface area contributed by atoms with E-state index in [4.69, 9.17) is 9.47 Å². The second-order valence-corrected chi connectivity index (χ2v) is 8.19. The third-order valence-electron chi connectivity index (χ3n) is 5.21. The van der Waals surface area contributed by atoms with Crippen molar-refractivity contribution in [3.63, 3.8) is 0 Å². The van der Waals surface area contributed by atoms with Crippen LogP contribution < -0.4 is 5.32 Å². The third-order valence-corrected chi connectivity index (χ3v) is 5.77. The Morgan fingerprint density at radius 2 is 1.78 bits per heavy atom. The Morgan fingerprint density at radius 3 is 2.52 bits per heavy atom. The minimum Gasteiger partial charge on any atom is -0.445 e. The summed E-state index contributed by atoms with van der Waals surface area (Å²) in [6.07, 6.45) is 10.9. The molecule has 1 saturated carbocycles. The molecule has 0 aromatic heterocycles. The standard InChI is InChI=1S/C22H34BrNO3/c23-15-6-1-2-7-17-26-21-12-10-19(11-13-21)14-16-24-22(25)27-18-20-8-4-3-5-9-20/h3-5,8-9,19,21H,1-2,6-7,10-18H2,(H,24,25). The molecule has 1 aliphatic rings. The average molecular weight is 440 g/mol. The molecule has 2 rings (SSSR count). The van der Waals surface area contributed by atoms with Gasteiger partial charge >= 0.3 is 6.09 Å². The van der Waals surface area contributed by atoms with Crippen LogP contribution in [-0.4, -0.2) is 30.7 Å². The average Bonchev–Trinajstić information content (AvgIpc) is 2.71. The van der Waals surface area contributed by atoms with Gasteiger partial charge < -0.3 is 14.8 Å². The number of unbranched alkanes of at least 4 members (excludes halogenated alkanes) is 3. The van der Waals surface area contributed by atoms with Gasteiger partial charge in [-0.1, -0.05) is 59.1 Å². The highest BCUT2D eigenvalue weighted by Gasteiger charge is 2.21. The van der Waals surface area contributed by atoms with E-state index in [2.05, 4.69) is 21.2 Å². The van der Waals surface area contributed by atoms with E-state index < -0.39 is 0 Å². The maximum Gasteiger partial charge on any atom is 0.407 e. The predicted octanol–water partition coefficient (Wildman–Crippen LogP) is 5.83. The molecule has 27 heavy (non-hydrogen) atoms. The van der Waals surface area contributed by atoms with Crippen molar-refractivity contribution in [3.8, 4) is 0 Å². The molecule has 0 radical (unpaired) electrons. The van der Waals surface area contributed by atoms with E-state index in [1.807, 2.05) is 30.3 Å². The van der Waals surface area contributed by atoms with Crippen molar-refractivity contribution in [2.75, 3.05) is 18.5 Å². The molecule has 5 heteroatoms. The van der Waals surface area contributed by atoms with Crippen molar-refractivity contribution in [1.82, 2.24) is 5.32 Å². The van der Waals surface area contributed by atoms with Crippen LogP contribution in [0.15, 0.2) is 30.3 Å². The van der Waals surface area contributed by atoms with Crippen LogP contribution in [0, 0.1) is 5.92 Å². The lowest BCUT2D eigenvalue weighted by atomic mass is 9.85. The molecule has 1 amide bonds. The predicted molar refractivity (Wildman–Crippen MR) is 113 cm³/mol. The summed E-state index contributed by atoms with van der Waals surface area (Å²) < 4.78 is 11.3. The highest BCUT2D eigenvalue weighted by Crippen LogP contribution is 2.28. The number of hydrogen-bond acceptors (Lipinski definition) is 3. The van der Waals surface area contributed by atoms with Gasteiger partial charge in [-0.15, -0.1) is 0 Å². The van der Waals surface area contributed by atoms with Crippen molar-refractivity contribution >= 4 is 22.0 Å². The molecule has 0 spiro atoms. The summed E-state index contributed by atoms with van der Waals surface area (Å²) in [6, 6.07) is 9.76. The minimum atomic E-state index is -0.323. The zero-order chi connectivity index (χ0) is 19.2. The van der Waals surface area contributed by atoms with Gasteiger partial charge in [-0.25, -0.2) is 4.79 Å². The van der Waals surface area contributed by atoms with Crippen LogP contribution in [0.4, 0.5) is 4.79 Å². The number of benzene rings is 1. The van der Waals surface area contributed by atoms with Crippen molar-refractivity contribution in [3.05, 3.63) is 35.9 Å². The summed E-state index contributed by atoms with van der Waals surface area (Å²) >= 11 is 3.47. The third kappa shape index (κ3) is 10.2. The Bertz CT molecular complexity index is 504. The first-order valence-corrected chi connectivity index (χ1v) is 11.5. The highest BCUT2D eigenvalue weighted by molar-refractivity contribution is 9.09. The highest BCUT2D eigenvalue weighted by atomic mass is 79.9. The number of ether oxygens (including phenoxy) is 2. The van der Waals surface area contributed by atoms with E-state index in [0.717, 1.165) is 36.8 Å². The van der Waals surface area contributed by atoms with Gasteiger partial charge in [-0.2, -0.15) is 0 Å². The largest absolute Gasteiger partial charge is 0.445 e. The first-order valence-electron chi connectivity index (χ1n) is 10.4. The monoisotopic (exact) mass is 439 g/mol. The topological polar surface area (TPSA) is 47.6 Å². The zero-order valence-corrected chi connectivity index (χ0v) is 17.9. The SMILES string of the molecule is O=C(NCCC1CCC(OCCCCCCBr)CC1)OCc1ccccc1. The summed E-state index contributed by atoms with van der Waals surface area (Å²) in [6.45, 7) is 1.93. The first kappa shape index (κ1) is 22.2. The van der Waals surface area contributed by atoms with E-state index in [1.54, 1.807) is 0 Å². The van der Waals surface area contributed by atoms with Gasteiger partial charge in [0.25, 0.3) is 0 Å². The van der Waals surface area contributed by atoms with Crippen LogP contribution in [-0.2, 0) is 16.1 Å². The maximum atomic E-state index is 11.8. The number of amides is 1. The molecule has 0 atom stereocenters. The van der Waals surface area contributed by atoms with E-state index >= 15 is 0 Å². The number of nitrogens with one attached hydrogen (secondary N) is 1. The summed E-state index contributed by atoms with van der Waals surface area (Å²) in [7, 11) is 0. The fourth-order valence-corrected chi connectivity index (χ4v) is 3.94. The normalized spacial score (nSPS) is 19.6. The Morgan fingerprint density at radius 1 is 1.04 bits per heavy atom. The Hall–Kier alpha value is -1.07. The van der Waals surface area contributed by atoms with Crippen molar-refractivity contribution < 1.29 is 14.3 Å². The van der Waals surface area contributed by atoms with Gasteiger partial charge in [0.05, 0.1) is 6.10 Å². The minimum absolute atomic E-state index is 0.323. The first-order chi connectivity index (χ1) is 13.3. The van der Waals surface area contributed by atoms with Crippen LogP contribution >= 0.6 is 15.9 Å². The molecule has 1 aromatic carbocycles. The maximum absolute atomic E-state index is 11.8. The summed E-state index contributed by atoms with van der Waals surface area (Å²) in [5, 5.41) is 3.98. The van der Waals surface area contributed by atoms with E-state index in [9.17, 15) is 4.79 Å². The second kappa shape index (κ2) is 14.0. The Kier molecular flexibility index (Phi) is 11.5. The van der Waals surface area contributed by atoms with Crippen LogP contribution in [0.2, 0.25) is 0 Å². The van der Waals surface area contributed by atoms with Crippen molar-refractivity contribution in [1.29, 1.82) is 0 Å². The Balaban J connectivity index is 1.45. The molecular formula is C22H34BrNO3. The number of halogens is 1. The molecule has 1 fully saturated rings. The van der Waals surface area contributed by atoms with Gasteiger partial charge in [-0.3, -0.25) is 0 Å². The summed E-state index contributed by atoms with van der Waals surface area (Å²) in [4.78, 5) is 11.8. The van der Waals surface area contributed by atoms with Crippen LogP contribution in [0.25, 0.3) is 0 Å². The molecule has 4 nitrogen and oxygen atoms in total.